The van der Waals surface area contributed by atoms with E-state index in [9.17, 15) is 0 Å². The molecule has 1 aromatic rings. The van der Waals surface area contributed by atoms with E-state index >= 15 is 0 Å². The molecule has 2 aliphatic rings. The maximum atomic E-state index is 6.15. The molecule has 1 spiro atoms. The molecule has 2 fully saturated rings. The molecule has 2 saturated heterocycles. The monoisotopic (exact) mass is 300 g/mol. The molecular weight excluding hydrogens is 279 g/mol. The number of benzene rings is 1. The SMILES string of the molecule is CC1(C)OP2(Oc3ccccc3)(OCCO2)OC1(C)C. The first-order valence-electron chi connectivity index (χ1n) is 6.76. The summed E-state index contributed by atoms with van der Waals surface area (Å²) in [5.41, 5.74) is -1.16. The van der Waals surface area contributed by atoms with Crippen molar-refractivity contribution in [2.45, 2.75) is 38.9 Å². The normalized spacial score (nSPS) is 30.7. The van der Waals surface area contributed by atoms with Crippen LogP contribution in [0, 0.1) is 0 Å². The summed E-state index contributed by atoms with van der Waals surface area (Å²) in [5.74, 6) is 0.612. The van der Waals surface area contributed by atoms with E-state index in [0.29, 0.717) is 19.0 Å². The van der Waals surface area contributed by atoms with Crippen molar-refractivity contribution in [3.8, 4) is 5.75 Å². The van der Waals surface area contributed by atoms with Crippen LogP contribution >= 0.6 is 7.74 Å². The number of hydrogen-bond acceptors (Lipinski definition) is 5. The third-order valence-corrected chi connectivity index (χ3v) is 7.12. The summed E-state index contributed by atoms with van der Waals surface area (Å²) in [5, 5.41) is 0. The van der Waals surface area contributed by atoms with Gasteiger partial charge in [0, 0.05) is 0 Å². The Morgan fingerprint density at radius 2 is 1.40 bits per heavy atom. The fourth-order valence-electron chi connectivity index (χ4n) is 2.24. The van der Waals surface area contributed by atoms with Crippen LogP contribution in [0.2, 0.25) is 0 Å². The van der Waals surface area contributed by atoms with Crippen molar-refractivity contribution >= 4 is 7.74 Å². The van der Waals surface area contributed by atoms with E-state index in [2.05, 4.69) is 0 Å². The first-order chi connectivity index (χ1) is 9.26. The van der Waals surface area contributed by atoms with E-state index in [4.69, 9.17) is 22.6 Å². The summed E-state index contributed by atoms with van der Waals surface area (Å²) in [6.45, 7) is 8.61. The van der Waals surface area contributed by atoms with Crippen LogP contribution in [-0.2, 0) is 18.1 Å². The van der Waals surface area contributed by atoms with Crippen molar-refractivity contribution in [1.29, 1.82) is 0 Å². The summed E-state index contributed by atoms with van der Waals surface area (Å²) in [6, 6.07) is 9.34. The fourth-order valence-corrected chi connectivity index (χ4v) is 5.89. The topological polar surface area (TPSA) is 46.2 Å². The third kappa shape index (κ3) is 2.05. The van der Waals surface area contributed by atoms with Gasteiger partial charge in [-0.3, -0.25) is 0 Å². The van der Waals surface area contributed by atoms with Crippen LogP contribution in [-0.4, -0.2) is 24.4 Å². The van der Waals surface area contributed by atoms with Gasteiger partial charge in [0.25, 0.3) is 0 Å². The molecule has 20 heavy (non-hydrogen) atoms. The molecule has 2 aliphatic heterocycles. The molecule has 1 aromatic carbocycles. The van der Waals surface area contributed by atoms with Gasteiger partial charge in [-0.2, -0.15) is 0 Å². The second kappa shape index (κ2) is 4.15. The van der Waals surface area contributed by atoms with Gasteiger partial charge in [0.2, 0.25) is 0 Å². The Balaban J connectivity index is 2.01. The Morgan fingerprint density at radius 3 is 1.90 bits per heavy atom. The predicted molar refractivity (Wildman–Crippen MR) is 76.2 cm³/mol. The van der Waals surface area contributed by atoms with Crippen LogP contribution in [0.4, 0.5) is 0 Å². The summed E-state index contributed by atoms with van der Waals surface area (Å²) in [6.07, 6.45) is 0. The van der Waals surface area contributed by atoms with Crippen molar-refractivity contribution in [1.82, 2.24) is 0 Å². The quantitative estimate of drug-likeness (QED) is 0.776. The van der Waals surface area contributed by atoms with Crippen molar-refractivity contribution < 1.29 is 22.6 Å². The van der Waals surface area contributed by atoms with E-state index < -0.39 is 18.9 Å². The van der Waals surface area contributed by atoms with Crippen molar-refractivity contribution in [2.75, 3.05) is 13.2 Å². The van der Waals surface area contributed by atoms with Crippen molar-refractivity contribution in [3.63, 3.8) is 0 Å². The molecule has 0 aliphatic carbocycles. The van der Waals surface area contributed by atoms with Gasteiger partial charge in [0.1, 0.15) is 0 Å². The molecule has 3 rings (SSSR count). The van der Waals surface area contributed by atoms with Gasteiger partial charge in [-0.05, 0) is 0 Å². The molecule has 2 heterocycles. The molecular formula is C14H21O5P. The fraction of sp³-hybridized carbons (Fsp3) is 0.571. The number of hydrogen-bond donors (Lipinski definition) is 0. The zero-order chi connectivity index (χ0) is 14.5. The standard InChI is InChI=1S/C14H21O5P/c1-13(2)14(3,4)19-20(18-13,15-10-11-16-20)17-12-8-6-5-7-9-12/h5-9H,10-11H2,1-4H3. The van der Waals surface area contributed by atoms with Crippen LogP contribution in [0.25, 0.3) is 0 Å². The molecule has 0 saturated carbocycles. The van der Waals surface area contributed by atoms with Gasteiger partial charge in [-0.15, -0.1) is 0 Å². The summed E-state index contributed by atoms with van der Waals surface area (Å²) in [7, 11) is -4.02. The van der Waals surface area contributed by atoms with E-state index in [1.165, 1.54) is 0 Å². The molecule has 6 heteroatoms. The van der Waals surface area contributed by atoms with Gasteiger partial charge < -0.3 is 0 Å². The number of rotatable bonds is 2. The zero-order valence-electron chi connectivity index (χ0n) is 12.3. The summed E-state index contributed by atoms with van der Waals surface area (Å²) in [4.78, 5) is 0. The van der Waals surface area contributed by atoms with E-state index in [0.717, 1.165) is 0 Å². The average molecular weight is 300 g/mol. The predicted octanol–water partition coefficient (Wildman–Crippen LogP) is 3.84. The van der Waals surface area contributed by atoms with Crippen LogP contribution in [0.15, 0.2) is 30.3 Å². The minimum atomic E-state index is -4.02. The van der Waals surface area contributed by atoms with Crippen molar-refractivity contribution in [3.05, 3.63) is 30.3 Å². The van der Waals surface area contributed by atoms with Crippen LogP contribution < -0.4 is 4.52 Å². The van der Waals surface area contributed by atoms with Gasteiger partial charge in [-0.1, -0.05) is 0 Å². The number of para-hydroxylation sites is 1. The van der Waals surface area contributed by atoms with Crippen LogP contribution in [0.3, 0.4) is 0 Å². The molecule has 0 unspecified atom stereocenters. The van der Waals surface area contributed by atoms with Gasteiger partial charge in [0.05, 0.1) is 0 Å². The van der Waals surface area contributed by atoms with Gasteiger partial charge >= 0.3 is 119 Å². The average Bonchev–Trinajstić information content (AvgIpc) is 2.78. The van der Waals surface area contributed by atoms with Crippen LogP contribution in [0.5, 0.6) is 5.75 Å². The summed E-state index contributed by atoms with van der Waals surface area (Å²) >= 11 is 0. The second-order valence-corrected chi connectivity index (χ2v) is 8.57. The summed E-state index contributed by atoms with van der Waals surface area (Å²) < 4.78 is 29.9. The Kier molecular flexibility index (Phi) is 2.96. The van der Waals surface area contributed by atoms with Gasteiger partial charge in [0.15, 0.2) is 0 Å². The second-order valence-electron chi connectivity index (χ2n) is 6.02. The zero-order valence-corrected chi connectivity index (χ0v) is 13.2. The Hall–Kier alpha value is -0.710. The molecule has 0 aromatic heterocycles. The first kappa shape index (κ1) is 14.2. The molecule has 0 N–H and O–H groups in total. The molecule has 5 nitrogen and oxygen atoms in total. The van der Waals surface area contributed by atoms with Crippen LogP contribution in [0.1, 0.15) is 27.7 Å². The van der Waals surface area contributed by atoms with E-state index in [1.807, 2.05) is 58.0 Å². The Labute approximate surface area is 119 Å². The molecule has 0 atom stereocenters. The molecule has 0 radical (unpaired) electrons. The van der Waals surface area contributed by atoms with Crippen molar-refractivity contribution in [2.24, 2.45) is 0 Å². The third-order valence-electron chi connectivity index (χ3n) is 3.89. The molecule has 112 valence electrons. The van der Waals surface area contributed by atoms with E-state index in [-0.39, 0.29) is 0 Å². The first-order valence-corrected chi connectivity index (χ1v) is 8.59. The van der Waals surface area contributed by atoms with Gasteiger partial charge in [-0.25, -0.2) is 0 Å². The molecule has 0 amide bonds. The molecule has 0 bridgehead atoms. The van der Waals surface area contributed by atoms with E-state index in [1.54, 1.807) is 0 Å². The minimum absolute atomic E-state index is 0.400. The Morgan fingerprint density at radius 1 is 0.900 bits per heavy atom. The maximum absolute atomic E-state index is 6.15. The Bertz CT molecular complexity index is 488.